The van der Waals surface area contributed by atoms with E-state index < -0.39 is 0 Å². The molecular weight excluding hydrogens is 1200 g/mol. The third-order valence-electron chi connectivity index (χ3n) is 16.5. The molecule has 0 aliphatic heterocycles. The normalized spacial score (nSPS) is 11.2. The maximum absolute atomic E-state index is 4.99. The second-order valence-corrected chi connectivity index (χ2v) is 24.4. The van der Waals surface area contributed by atoms with E-state index in [1.165, 1.54) is 0 Å². The van der Waals surface area contributed by atoms with Crippen LogP contribution in [0.15, 0.2) is 280 Å². The van der Waals surface area contributed by atoms with Crippen molar-refractivity contribution in [3.8, 4) is 68.6 Å². The summed E-state index contributed by atoms with van der Waals surface area (Å²) in [5.74, 6) is 7.03. The van der Waals surface area contributed by atoms with E-state index in [-0.39, 0.29) is 17.8 Å². The van der Waals surface area contributed by atoms with Crippen LogP contribution < -0.4 is 9.80 Å². The van der Waals surface area contributed by atoms with E-state index in [1.807, 2.05) is 133 Å². The first-order chi connectivity index (χ1) is 47.4. The van der Waals surface area contributed by atoms with Crippen molar-refractivity contribution in [3.05, 3.63) is 297 Å². The summed E-state index contributed by atoms with van der Waals surface area (Å²) >= 11 is 0. The van der Waals surface area contributed by atoms with Gasteiger partial charge in [0.05, 0.1) is 22.4 Å². The first-order valence-corrected chi connectivity index (χ1v) is 32.6. The fourth-order valence-corrected chi connectivity index (χ4v) is 11.4. The molecule has 0 aliphatic rings. The number of hydrogen-bond acceptors (Lipinski definition) is 13. The van der Waals surface area contributed by atoms with Crippen LogP contribution in [0.4, 0.5) is 34.1 Å². The van der Waals surface area contributed by atoms with Crippen LogP contribution in [0, 0.1) is 0 Å². The summed E-state index contributed by atoms with van der Waals surface area (Å²) in [6, 6.07) is 86.6. The predicted octanol–water partition coefficient (Wildman–Crippen LogP) is 19.7. The Bertz CT molecular complexity index is 4730. The number of anilines is 6. The molecule has 97 heavy (non-hydrogen) atoms. The number of nitrogens with zero attached hydrogens (tertiary/aromatic N) is 15. The molecule has 0 unspecified atom stereocenters. The molecule has 0 N–H and O–H groups in total. The molecule has 15 rings (SSSR count). The molecule has 8 aromatic carbocycles. The molecule has 0 bridgehead atoms. The van der Waals surface area contributed by atoms with Crippen molar-refractivity contribution in [1.29, 1.82) is 0 Å². The summed E-state index contributed by atoms with van der Waals surface area (Å²) in [4.78, 5) is 56.6. The van der Waals surface area contributed by atoms with E-state index in [0.29, 0.717) is 23.3 Å². The summed E-state index contributed by atoms with van der Waals surface area (Å²) in [7, 11) is 3.99. The Balaban J connectivity index is 0.000000144. The highest BCUT2D eigenvalue weighted by atomic mass is 15.2. The largest absolute Gasteiger partial charge is 0.348 e. The van der Waals surface area contributed by atoms with Gasteiger partial charge < -0.3 is 18.9 Å². The third-order valence-corrected chi connectivity index (χ3v) is 16.5. The van der Waals surface area contributed by atoms with Crippen LogP contribution in [-0.2, 0) is 14.1 Å². The van der Waals surface area contributed by atoms with Crippen molar-refractivity contribution in [3.63, 3.8) is 0 Å². The Morgan fingerprint density at radius 1 is 0.268 bits per heavy atom. The summed E-state index contributed by atoms with van der Waals surface area (Å²) in [6.45, 7) is 12.6. The van der Waals surface area contributed by atoms with Crippen LogP contribution in [0.25, 0.3) is 90.4 Å². The van der Waals surface area contributed by atoms with Gasteiger partial charge in [-0.05, 0) is 146 Å². The highest BCUT2D eigenvalue weighted by Crippen LogP contribution is 2.38. The van der Waals surface area contributed by atoms with Gasteiger partial charge >= 0.3 is 0 Å². The van der Waals surface area contributed by atoms with E-state index in [4.69, 9.17) is 29.9 Å². The minimum atomic E-state index is 0.146. The van der Waals surface area contributed by atoms with Crippen molar-refractivity contribution in [2.75, 3.05) is 9.80 Å². The number of aryl methyl sites for hydroxylation is 2. The number of para-hydroxylation sites is 6. The summed E-state index contributed by atoms with van der Waals surface area (Å²) < 4.78 is 4.04. The van der Waals surface area contributed by atoms with Crippen molar-refractivity contribution in [2.45, 2.75) is 59.3 Å². The molecule has 15 heteroatoms. The minimum absolute atomic E-state index is 0.146. The fourth-order valence-electron chi connectivity index (χ4n) is 11.4. The molecule has 0 fully saturated rings. The van der Waals surface area contributed by atoms with Gasteiger partial charge in [0.25, 0.3) is 0 Å². The van der Waals surface area contributed by atoms with Gasteiger partial charge in [-0.3, -0.25) is 9.97 Å². The van der Waals surface area contributed by atoms with Gasteiger partial charge in [-0.2, -0.15) is 0 Å². The second kappa shape index (κ2) is 29.0. The summed E-state index contributed by atoms with van der Waals surface area (Å²) in [6.07, 6.45) is 7.60. The SMILES string of the molecule is CC(C)c1nc(-c2ccc(N(c3ccccc3)c3ccccc3)cc2)nc(-c2ccc(N(c3ccccc3)c3ccccc3)cc2)n1.CC(C)c1nc(-c2cccn2C)nc(-c2cccn2C)n1.CC(C)c1nc(-c2ccnc3ccccc23)nc(-c2ccnc3ccccc23)n1. The van der Waals surface area contributed by atoms with Crippen molar-refractivity contribution >= 4 is 55.9 Å². The van der Waals surface area contributed by atoms with Crippen LogP contribution in [-0.4, -0.2) is 64.0 Å². The predicted molar refractivity (Wildman–Crippen MR) is 392 cm³/mol. The maximum Gasteiger partial charge on any atom is 0.180 e. The van der Waals surface area contributed by atoms with Gasteiger partial charge in [-0.1, -0.05) is 151 Å². The van der Waals surface area contributed by atoms with Crippen LogP contribution in [0.1, 0.15) is 76.8 Å². The van der Waals surface area contributed by atoms with Crippen LogP contribution >= 0.6 is 0 Å². The van der Waals surface area contributed by atoms with E-state index in [0.717, 1.165) is 119 Å². The Morgan fingerprint density at radius 2 is 0.557 bits per heavy atom. The number of pyridine rings is 2. The Kier molecular flexibility index (Phi) is 19.0. The lowest BCUT2D eigenvalue weighted by atomic mass is 10.1. The Hall–Kier alpha value is -12.2. The molecule has 0 amide bonds. The van der Waals surface area contributed by atoms with Gasteiger partial charge in [0, 0.05) is 124 Å². The van der Waals surface area contributed by atoms with E-state index in [9.17, 15) is 0 Å². The van der Waals surface area contributed by atoms with Gasteiger partial charge in [-0.15, -0.1) is 0 Å². The topological polar surface area (TPSA) is 158 Å². The molecule has 0 spiro atoms. The monoisotopic (exact) mass is 1270 g/mol. The Morgan fingerprint density at radius 3 is 0.887 bits per heavy atom. The molecule has 476 valence electrons. The highest BCUT2D eigenvalue weighted by molar-refractivity contribution is 5.95. The quantitative estimate of drug-likeness (QED) is 0.0956. The van der Waals surface area contributed by atoms with E-state index in [1.54, 1.807) is 12.4 Å². The number of rotatable bonds is 15. The zero-order valence-electron chi connectivity index (χ0n) is 55.5. The van der Waals surface area contributed by atoms with Crippen molar-refractivity contribution in [1.82, 2.24) is 64.0 Å². The molecule has 0 radical (unpaired) electrons. The lowest BCUT2D eigenvalue weighted by Gasteiger charge is -2.25. The average molecular weight is 1270 g/mol. The van der Waals surface area contributed by atoms with Gasteiger partial charge in [0.15, 0.2) is 34.9 Å². The van der Waals surface area contributed by atoms with Crippen LogP contribution in [0.3, 0.4) is 0 Å². The van der Waals surface area contributed by atoms with Gasteiger partial charge in [0.2, 0.25) is 0 Å². The molecule has 15 aromatic rings. The number of hydrogen-bond donors (Lipinski definition) is 0. The average Bonchev–Trinajstić information content (AvgIpc) is 1.02. The zero-order valence-corrected chi connectivity index (χ0v) is 55.5. The zero-order chi connectivity index (χ0) is 66.8. The molecule has 7 aromatic heterocycles. The molecule has 15 nitrogen and oxygen atoms in total. The summed E-state index contributed by atoms with van der Waals surface area (Å²) in [5, 5.41) is 2.06. The molecular formula is C82H73N15. The lowest BCUT2D eigenvalue weighted by molar-refractivity contribution is 0.758. The van der Waals surface area contributed by atoms with E-state index >= 15 is 0 Å². The fraction of sp³-hybridized carbons (Fsp3) is 0.134. The minimum Gasteiger partial charge on any atom is -0.348 e. The Labute approximate surface area is 565 Å². The van der Waals surface area contributed by atoms with Crippen LogP contribution in [0.2, 0.25) is 0 Å². The molecule has 7 heterocycles. The first-order valence-electron chi connectivity index (χ1n) is 32.6. The number of fused-ring (bicyclic) bond motifs is 2. The van der Waals surface area contributed by atoms with Crippen molar-refractivity contribution < 1.29 is 0 Å². The maximum atomic E-state index is 4.99. The van der Waals surface area contributed by atoms with Gasteiger partial charge in [0.1, 0.15) is 17.5 Å². The molecule has 0 aliphatic carbocycles. The summed E-state index contributed by atoms with van der Waals surface area (Å²) in [5.41, 5.74) is 14.1. The number of aromatic nitrogens is 13. The molecule has 0 saturated heterocycles. The lowest BCUT2D eigenvalue weighted by Crippen LogP contribution is -2.10. The molecule has 0 atom stereocenters. The van der Waals surface area contributed by atoms with Gasteiger partial charge in [-0.25, -0.2) is 44.9 Å². The standard InChI is InChI=1S/C42H35N5.C24H19N5.C16H19N5/c1-31(2)40-43-41(32-23-27-38(28-24-32)46(34-15-7-3-8-16-34)35-17-9-4-10-18-35)45-42(44-40)33-25-29-39(30-26-33)47(36-19-11-5-12-20-36)37-21-13-6-14-22-37;1-15(2)22-27-23(18-11-13-25-20-9-5-3-7-16(18)20)29-24(28-22)19-12-14-26-21-10-6-4-8-17(19)21;1-11(2)14-17-15(12-7-5-9-20(12)3)19-16(18-14)13-8-6-10-21(13)4/h3-31H,1-2H3;3-15H,1-2H3;5-11H,1-4H3. The van der Waals surface area contributed by atoms with E-state index in [2.05, 4.69) is 234 Å². The second-order valence-electron chi connectivity index (χ2n) is 24.4. The third kappa shape index (κ3) is 14.3. The smallest absolute Gasteiger partial charge is 0.180 e. The first kappa shape index (κ1) is 63.5. The van der Waals surface area contributed by atoms with Crippen molar-refractivity contribution in [2.24, 2.45) is 14.1 Å². The molecule has 0 saturated carbocycles. The van der Waals surface area contributed by atoms with Crippen LogP contribution in [0.5, 0.6) is 0 Å². The highest BCUT2D eigenvalue weighted by Gasteiger charge is 2.21. The number of benzene rings is 8.